The highest BCUT2D eigenvalue weighted by atomic mass is 19.1. The van der Waals surface area contributed by atoms with Crippen LogP contribution in [0.4, 0.5) is 4.39 Å². The molecule has 1 aromatic rings. The van der Waals surface area contributed by atoms with E-state index in [1.807, 2.05) is 0 Å². The summed E-state index contributed by atoms with van der Waals surface area (Å²) < 4.78 is 18.9. The van der Waals surface area contributed by atoms with Gasteiger partial charge >= 0.3 is 0 Å². The smallest absolute Gasteiger partial charge is 0.234 e. The summed E-state index contributed by atoms with van der Waals surface area (Å²) in [6, 6.07) is 6.60. The minimum Gasteiger partial charge on any atom is -0.381 e. The van der Waals surface area contributed by atoms with Gasteiger partial charge in [0.15, 0.2) is 0 Å². The summed E-state index contributed by atoms with van der Waals surface area (Å²) in [5.41, 5.74) is 6.28. The van der Waals surface area contributed by atoms with E-state index in [0.29, 0.717) is 12.1 Å². The van der Waals surface area contributed by atoms with Crippen LogP contribution < -0.4 is 11.1 Å². The van der Waals surface area contributed by atoms with Crippen molar-refractivity contribution in [1.29, 1.82) is 0 Å². The van der Waals surface area contributed by atoms with Gasteiger partial charge in [-0.1, -0.05) is 18.2 Å². The molecule has 0 radical (unpaired) electrons. The van der Waals surface area contributed by atoms with Crippen LogP contribution in [0.2, 0.25) is 0 Å². The number of benzene rings is 1. The van der Waals surface area contributed by atoms with Gasteiger partial charge in [0.1, 0.15) is 5.82 Å². The third-order valence-electron chi connectivity index (χ3n) is 4.18. The number of carbonyl (C=O) groups excluding carboxylic acids is 1. The normalized spacial score (nSPS) is 22.5. The Balaban J connectivity index is 1.82. The van der Waals surface area contributed by atoms with Crippen LogP contribution in [0.1, 0.15) is 18.4 Å². The largest absolute Gasteiger partial charge is 0.381 e. The lowest BCUT2D eigenvalue weighted by Gasteiger charge is -2.37. The van der Waals surface area contributed by atoms with Crippen molar-refractivity contribution in [3.8, 4) is 0 Å². The lowest BCUT2D eigenvalue weighted by atomic mass is 9.99. The average molecular weight is 309 g/mol. The molecule has 0 saturated carbocycles. The quantitative estimate of drug-likeness (QED) is 0.818. The molecule has 6 heteroatoms. The van der Waals surface area contributed by atoms with Gasteiger partial charge in [-0.15, -0.1) is 0 Å². The van der Waals surface area contributed by atoms with Crippen LogP contribution in [-0.4, -0.2) is 49.7 Å². The van der Waals surface area contributed by atoms with Crippen LogP contribution in [-0.2, 0) is 16.1 Å². The Morgan fingerprint density at radius 3 is 2.95 bits per heavy atom. The number of nitrogens with zero attached hydrogens (tertiary/aromatic N) is 1. The SMILES string of the molecule is COC1CCN(CC(=O)NCc2ccccc2F)C(CN)C1. The first-order valence-electron chi connectivity index (χ1n) is 7.61. The van der Waals surface area contributed by atoms with Crippen molar-refractivity contribution in [3.63, 3.8) is 0 Å². The molecule has 1 saturated heterocycles. The van der Waals surface area contributed by atoms with Crippen LogP contribution in [0.25, 0.3) is 0 Å². The average Bonchev–Trinajstić information content (AvgIpc) is 2.54. The molecule has 1 fully saturated rings. The van der Waals surface area contributed by atoms with E-state index in [-0.39, 0.29) is 37.0 Å². The fraction of sp³-hybridized carbons (Fsp3) is 0.562. The predicted molar refractivity (Wildman–Crippen MR) is 82.7 cm³/mol. The zero-order valence-corrected chi connectivity index (χ0v) is 12.9. The first-order valence-corrected chi connectivity index (χ1v) is 7.61. The maximum absolute atomic E-state index is 13.5. The second-order valence-electron chi connectivity index (χ2n) is 5.61. The highest BCUT2D eigenvalue weighted by Crippen LogP contribution is 2.18. The molecule has 0 aromatic heterocycles. The molecule has 1 amide bonds. The van der Waals surface area contributed by atoms with Gasteiger partial charge in [-0.05, 0) is 18.9 Å². The summed E-state index contributed by atoms with van der Waals surface area (Å²) in [7, 11) is 1.70. The van der Waals surface area contributed by atoms with Crippen LogP contribution >= 0.6 is 0 Å². The summed E-state index contributed by atoms with van der Waals surface area (Å²) in [5, 5.41) is 2.76. The summed E-state index contributed by atoms with van der Waals surface area (Å²) >= 11 is 0. The minimum absolute atomic E-state index is 0.113. The van der Waals surface area contributed by atoms with Gasteiger partial charge in [0.05, 0.1) is 12.6 Å². The number of carbonyl (C=O) groups is 1. The molecule has 0 bridgehead atoms. The Hall–Kier alpha value is -1.50. The molecule has 1 aliphatic rings. The van der Waals surface area contributed by atoms with Gasteiger partial charge in [-0.3, -0.25) is 9.69 Å². The molecule has 2 unspecified atom stereocenters. The molecule has 0 aliphatic carbocycles. The van der Waals surface area contributed by atoms with Crippen molar-refractivity contribution in [2.75, 3.05) is 26.7 Å². The fourth-order valence-electron chi connectivity index (χ4n) is 2.81. The van der Waals surface area contributed by atoms with E-state index in [1.54, 1.807) is 25.3 Å². The Labute approximate surface area is 130 Å². The maximum atomic E-state index is 13.5. The second kappa shape index (κ2) is 8.22. The lowest BCUT2D eigenvalue weighted by Crippen LogP contribution is -2.51. The van der Waals surface area contributed by atoms with E-state index in [1.165, 1.54) is 6.07 Å². The van der Waals surface area contributed by atoms with Gasteiger partial charge in [0.25, 0.3) is 0 Å². The number of amides is 1. The van der Waals surface area contributed by atoms with E-state index < -0.39 is 0 Å². The van der Waals surface area contributed by atoms with E-state index in [4.69, 9.17) is 10.5 Å². The van der Waals surface area contributed by atoms with E-state index >= 15 is 0 Å². The fourth-order valence-corrected chi connectivity index (χ4v) is 2.81. The van der Waals surface area contributed by atoms with Gasteiger partial charge in [-0.2, -0.15) is 0 Å². The Kier molecular flexibility index (Phi) is 6.30. The third kappa shape index (κ3) is 4.50. The molecule has 0 spiro atoms. The number of methoxy groups -OCH3 is 1. The van der Waals surface area contributed by atoms with E-state index in [2.05, 4.69) is 10.2 Å². The number of ether oxygens (including phenoxy) is 1. The number of halogens is 1. The van der Waals surface area contributed by atoms with Crippen LogP contribution in [0.3, 0.4) is 0 Å². The third-order valence-corrected chi connectivity index (χ3v) is 4.18. The van der Waals surface area contributed by atoms with Gasteiger partial charge in [0, 0.05) is 38.3 Å². The number of nitrogens with one attached hydrogen (secondary N) is 1. The topological polar surface area (TPSA) is 67.6 Å². The molecule has 22 heavy (non-hydrogen) atoms. The summed E-state index contributed by atoms with van der Waals surface area (Å²) in [6.07, 6.45) is 1.95. The molecule has 3 N–H and O–H groups in total. The first-order chi connectivity index (χ1) is 10.6. The monoisotopic (exact) mass is 309 g/mol. The molecule has 2 atom stereocenters. The summed E-state index contributed by atoms with van der Waals surface area (Å²) in [5.74, 6) is -0.416. The molecular weight excluding hydrogens is 285 g/mol. The Morgan fingerprint density at radius 1 is 1.50 bits per heavy atom. The predicted octanol–water partition coefficient (Wildman–Crippen LogP) is 0.880. The molecule has 122 valence electrons. The van der Waals surface area contributed by atoms with Crippen molar-refractivity contribution in [2.24, 2.45) is 5.73 Å². The van der Waals surface area contributed by atoms with E-state index in [0.717, 1.165) is 19.4 Å². The number of hydrogen-bond acceptors (Lipinski definition) is 4. The van der Waals surface area contributed by atoms with Crippen molar-refractivity contribution in [2.45, 2.75) is 31.5 Å². The highest BCUT2D eigenvalue weighted by Gasteiger charge is 2.28. The number of hydrogen-bond donors (Lipinski definition) is 2. The van der Waals surface area contributed by atoms with Crippen molar-refractivity contribution < 1.29 is 13.9 Å². The number of piperidine rings is 1. The standard InChI is InChI=1S/C16H24FN3O2/c1-22-14-6-7-20(13(8-14)9-18)11-16(21)19-10-12-4-2-3-5-15(12)17/h2-5,13-14H,6-11,18H2,1H3,(H,19,21). The molecule has 1 aliphatic heterocycles. The molecule has 2 rings (SSSR count). The van der Waals surface area contributed by atoms with Crippen LogP contribution in [0.5, 0.6) is 0 Å². The molecule has 1 aromatic carbocycles. The zero-order chi connectivity index (χ0) is 15.9. The Morgan fingerprint density at radius 2 is 2.27 bits per heavy atom. The minimum atomic E-state index is -0.302. The van der Waals surface area contributed by atoms with Crippen molar-refractivity contribution in [3.05, 3.63) is 35.6 Å². The van der Waals surface area contributed by atoms with Gasteiger partial charge < -0.3 is 15.8 Å². The first kappa shape index (κ1) is 16.9. The summed E-state index contributed by atoms with van der Waals surface area (Å²) in [4.78, 5) is 14.1. The maximum Gasteiger partial charge on any atom is 0.234 e. The second-order valence-corrected chi connectivity index (χ2v) is 5.61. The molecule has 1 heterocycles. The van der Waals surface area contributed by atoms with Crippen LogP contribution in [0, 0.1) is 5.82 Å². The molecular formula is C16H24FN3O2. The molecule has 5 nitrogen and oxygen atoms in total. The lowest BCUT2D eigenvalue weighted by molar-refractivity contribution is -0.124. The van der Waals surface area contributed by atoms with Gasteiger partial charge in [-0.25, -0.2) is 4.39 Å². The summed E-state index contributed by atoms with van der Waals surface area (Å²) in [6.45, 7) is 1.77. The van der Waals surface area contributed by atoms with Crippen molar-refractivity contribution >= 4 is 5.91 Å². The van der Waals surface area contributed by atoms with Crippen LogP contribution in [0.15, 0.2) is 24.3 Å². The number of rotatable bonds is 6. The highest BCUT2D eigenvalue weighted by molar-refractivity contribution is 5.78. The number of likely N-dealkylation sites (tertiary alicyclic amines) is 1. The zero-order valence-electron chi connectivity index (χ0n) is 12.9. The van der Waals surface area contributed by atoms with E-state index in [9.17, 15) is 9.18 Å². The number of nitrogens with two attached hydrogens (primary N) is 1. The van der Waals surface area contributed by atoms with Gasteiger partial charge in [0.2, 0.25) is 5.91 Å². The van der Waals surface area contributed by atoms with Crippen molar-refractivity contribution in [1.82, 2.24) is 10.2 Å². The Bertz CT molecular complexity index is 498.